The van der Waals surface area contributed by atoms with Gasteiger partial charge in [0.25, 0.3) is 0 Å². The van der Waals surface area contributed by atoms with E-state index in [0.717, 1.165) is 6.42 Å². The third-order valence-electron chi connectivity index (χ3n) is 2.37. The summed E-state index contributed by atoms with van der Waals surface area (Å²) in [4.78, 5) is 15.0. The Morgan fingerprint density at radius 3 is 3.29 bits per heavy atom. The minimum Gasteiger partial charge on any atom is -0.211 e. The zero-order valence-electron chi connectivity index (χ0n) is 7.82. The second kappa shape index (κ2) is 4.45. The van der Waals surface area contributed by atoms with Crippen LogP contribution in [0.2, 0.25) is 0 Å². The van der Waals surface area contributed by atoms with Crippen molar-refractivity contribution in [3.63, 3.8) is 0 Å². The number of thioether (sulfide) groups is 1. The molecule has 1 aliphatic heterocycles. The van der Waals surface area contributed by atoms with Crippen LogP contribution in [0.3, 0.4) is 0 Å². The molecular formula is C11H11NOS. The average molecular weight is 205 g/mol. The predicted molar refractivity (Wildman–Crippen MR) is 57.3 cm³/mol. The van der Waals surface area contributed by atoms with Crippen molar-refractivity contribution in [2.75, 3.05) is 5.75 Å². The maximum Gasteiger partial charge on any atom is 0.235 e. The Labute approximate surface area is 87.4 Å². The number of carbonyl (C=O) groups excluding carboxylic acids is 1. The van der Waals surface area contributed by atoms with Crippen LogP contribution < -0.4 is 0 Å². The maximum atomic E-state index is 10.0. The lowest BCUT2D eigenvalue weighted by molar-refractivity contribution is 0.562. The number of isocyanates is 1. The van der Waals surface area contributed by atoms with Gasteiger partial charge in [0.2, 0.25) is 6.08 Å². The Bertz CT molecular complexity index is 383. The van der Waals surface area contributed by atoms with Crippen LogP contribution >= 0.6 is 11.8 Å². The molecule has 0 saturated carbocycles. The van der Waals surface area contributed by atoms with Crippen LogP contribution in [0.5, 0.6) is 0 Å². The minimum absolute atomic E-state index is 0.479. The van der Waals surface area contributed by atoms with E-state index < -0.39 is 0 Å². The molecule has 1 aromatic carbocycles. The molecule has 1 heterocycles. The van der Waals surface area contributed by atoms with Crippen LogP contribution in [-0.2, 0) is 17.8 Å². The number of benzene rings is 1. The molecular weight excluding hydrogens is 194 g/mol. The Kier molecular flexibility index (Phi) is 3.02. The van der Waals surface area contributed by atoms with E-state index >= 15 is 0 Å². The summed E-state index contributed by atoms with van der Waals surface area (Å²) in [7, 11) is 0. The van der Waals surface area contributed by atoms with E-state index in [-0.39, 0.29) is 0 Å². The Hall–Kier alpha value is -1.05. The molecule has 2 nitrogen and oxygen atoms in total. The summed E-state index contributed by atoms with van der Waals surface area (Å²) in [6.45, 7) is 0.479. The molecule has 0 atom stereocenters. The molecule has 3 heteroatoms. The number of aliphatic imine (C=N–C) groups is 1. The third kappa shape index (κ3) is 1.89. The van der Waals surface area contributed by atoms with Crippen LogP contribution in [0.15, 0.2) is 28.1 Å². The normalized spacial score (nSPS) is 14.3. The topological polar surface area (TPSA) is 29.4 Å². The molecule has 14 heavy (non-hydrogen) atoms. The average Bonchev–Trinajstić information content (AvgIpc) is 2.26. The molecule has 1 aromatic rings. The molecule has 0 amide bonds. The van der Waals surface area contributed by atoms with Crippen molar-refractivity contribution in [1.82, 2.24) is 0 Å². The maximum absolute atomic E-state index is 10.0. The second-order valence-corrected chi connectivity index (χ2v) is 4.39. The molecule has 72 valence electrons. The van der Waals surface area contributed by atoms with Gasteiger partial charge in [-0.1, -0.05) is 12.1 Å². The lowest BCUT2D eigenvalue weighted by Crippen LogP contribution is -2.02. The van der Waals surface area contributed by atoms with Crippen LogP contribution in [0.1, 0.15) is 17.5 Å². The summed E-state index contributed by atoms with van der Waals surface area (Å²) in [6.07, 6.45) is 3.93. The SMILES string of the molecule is O=C=NCc1cccc2c1CCCS2. The van der Waals surface area contributed by atoms with Gasteiger partial charge < -0.3 is 0 Å². The summed E-state index contributed by atoms with van der Waals surface area (Å²) in [5, 5.41) is 0. The second-order valence-electron chi connectivity index (χ2n) is 3.25. The highest BCUT2D eigenvalue weighted by molar-refractivity contribution is 7.99. The molecule has 0 saturated heterocycles. The number of nitrogens with zero attached hydrogens (tertiary/aromatic N) is 1. The van der Waals surface area contributed by atoms with Crippen LogP contribution in [0, 0.1) is 0 Å². The van der Waals surface area contributed by atoms with Gasteiger partial charge in [0.15, 0.2) is 0 Å². The van der Waals surface area contributed by atoms with Gasteiger partial charge in [-0.15, -0.1) is 11.8 Å². The van der Waals surface area contributed by atoms with Crippen LogP contribution in [0.25, 0.3) is 0 Å². The van der Waals surface area contributed by atoms with Gasteiger partial charge >= 0.3 is 0 Å². The fourth-order valence-corrected chi connectivity index (χ4v) is 2.82. The number of rotatable bonds is 2. The van der Waals surface area contributed by atoms with Crippen molar-refractivity contribution in [3.8, 4) is 0 Å². The first kappa shape index (κ1) is 9.50. The lowest BCUT2D eigenvalue weighted by Gasteiger charge is -2.17. The first-order valence-corrected chi connectivity index (χ1v) is 5.67. The van der Waals surface area contributed by atoms with E-state index in [9.17, 15) is 4.79 Å². The Morgan fingerprint density at radius 1 is 1.50 bits per heavy atom. The van der Waals surface area contributed by atoms with E-state index in [0.29, 0.717) is 6.54 Å². The molecule has 0 fully saturated rings. The fourth-order valence-electron chi connectivity index (χ4n) is 1.73. The standard InChI is InChI=1S/C11H11NOS/c13-8-12-7-9-3-1-5-11-10(9)4-2-6-14-11/h1,3,5H,2,4,6-7H2. The molecule has 0 N–H and O–H groups in total. The number of fused-ring (bicyclic) bond motifs is 1. The third-order valence-corrected chi connectivity index (χ3v) is 3.56. The van der Waals surface area contributed by atoms with E-state index in [2.05, 4.69) is 11.1 Å². The van der Waals surface area contributed by atoms with E-state index in [1.54, 1.807) is 6.08 Å². The summed E-state index contributed by atoms with van der Waals surface area (Å²) in [6, 6.07) is 6.23. The van der Waals surface area contributed by atoms with E-state index in [4.69, 9.17) is 0 Å². The highest BCUT2D eigenvalue weighted by Crippen LogP contribution is 2.32. The van der Waals surface area contributed by atoms with Gasteiger partial charge in [-0.05, 0) is 35.8 Å². The molecule has 1 aliphatic rings. The van der Waals surface area contributed by atoms with E-state index in [1.807, 2.05) is 23.9 Å². The van der Waals surface area contributed by atoms with Gasteiger partial charge in [-0.25, -0.2) is 9.79 Å². The van der Waals surface area contributed by atoms with Crippen molar-refractivity contribution in [2.24, 2.45) is 4.99 Å². The number of hydrogen-bond acceptors (Lipinski definition) is 3. The van der Waals surface area contributed by atoms with Crippen LogP contribution in [0.4, 0.5) is 0 Å². The summed E-state index contributed by atoms with van der Waals surface area (Å²) >= 11 is 1.90. The van der Waals surface area contributed by atoms with Crippen molar-refractivity contribution < 1.29 is 4.79 Å². The quantitative estimate of drug-likeness (QED) is 0.548. The molecule has 0 bridgehead atoms. The summed E-state index contributed by atoms with van der Waals surface area (Å²) in [5.41, 5.74) is 2.56. The zero-order valence-corrected chi connectivity index (χ0v) is 8.64. The first-order valence-electron chi connectivity index (χ1n) is 4.69. The fraction of sp³-hybridized carbons (Fsp3) is 0.364. The van der Waals surface area contributed by atoms with Crippen molar-refractivity contribution in [2.45, 2.75) is 24.3 Å². The van der Waals surface area contributed by atoms with Crippen molar-refractivity contribution in [1.29, 1.82) is 0 Å². The van der Waals surface area contributed by atoms with Gasteiger partial charge in [0, 0.05) is 4.90 Å². The Morgan fingerprint density at radius 2 is 2.43 bits per heavy atom. The van der Waals surface area contributed by atoms with Crippen LogP contribution in [-0.4, -0.2) is 11.8 Å². The molecule has 0 unspecified atom stereocenters. The first-order chi connectivity index (χ1) is 6.92. The Balaban J connectivity index is 2.34. The van der Waals surface area contributed by atoms with Gasteiger partial charge in [0.05, 0.1) is 6.54 Å². The summed E-state index contributed by atoms with van der Waals surface area (Å²) < 4.78 is 0. The smallest absolute Gasteiger partial charge is 0.211 e. The predicted octanol–water partition coefficient (Wildman–Crippen LogP) is 2.56. The largest absolute Gasteiger partial charge is 0.235 e. The molecule has 0 spiro atoms. The lowest BCUT2D eigenvalue weighted by atomic mass is 10.0. The van der Waals surface area contributed by atoms with Crippen molar-refractivity contribution >= 4 is 17.8 Å². The van der Waals surface area contributed by atoms with Gasteiger partial charge in [-0.3, -0.25) is 0 Å². The monoisotopic (exact) mass is 205 g/mol. The molecule has 0 radical (unpaired) electrons. The van der Waals surface area contributed by atoms with Gasteiger partial charge in [-0.2, -0.15) is 0 Å². The van der Waals surface area contributed by atoms with E-state index in [1.165, 1.54) is 28.2 Å². The number of hydrogen-bond donors (Lipinski definition) is 0. The zero-order chi connectivity index (χ0) is 9.80. The highest BCUT2D eigenvalue weighted by atomic mass is 32.2. The highest BCUT2D eigenvalue weighted by Gasteiger charge is 2.12. The van der Waals surface area contributed by atoms with Crippen molar-refractivity contribution in [3.05, 3.63) is 29.3 Å². The van der Waals surface area contributed by atoms with Gasteiger partial charge in [0.1, 0.15) is 0 Å². The molecule has 0 aromatic heterocycles. The minimum atomic E-state index is 0.479. The summed E-state index contributed by atoms with van der Waals surface area (Å²) in [5.74, 6) is 1.20. The molecule has 0 aliphatic carbocycles. The molecule has 2 rings (SSSR count).